The first-order valence-corrected chi connectivity index (χ1v) is 2.10. The van der Waals surface area contributed by atoms with Gasteiger partial charge in [-0.15, -0.1) is 0 Å². The van der Waals surface area contributed by atoms with Crippen LogP contribution in [0.3, 0.4) is 0 Å². The van der Waals surface area contributed by atoms with Crippen molar-refractivity contribution in [2.75, 3.05) is 0 Å². The molecule has 0 aromatic heterocycles. The van der Waals surface area contributed by atoms with E-state index in [-0.39, 0.29) is 40.8 Å². The first-order chi connectivity index (χ1) is 2.00. The molecule has 0 heterocycles. The summed E-state index contributed by atoms with van der Waals surface area (Å²) in [7, 11) is -4.67. The molecule has 0 aliphatic heterocycles. The summed E-state index contributed by atoms with van der Waals surface area (Å²) >= 11 is 0. The van der Waals surface area contributed by atoms with Crippen molar-refractivity contribution in [1.82, 2.24) is 0 Å². The molecule has 4 nitrogen and oxygen atoms in total. The summed E-state index contributed by atoms with van der Waals surface area (Å²) in [5.41, 5.74) is 0. The van der Waals surface area contributed by atoms with Gasteiger partial charge in [0.25, 0.3) is 0 Å². The molecule has 7 heteroatoms. The van der Waals surface area contributed by atoms with Gasteiger partial charge in [0.2, 0.25) is 0 Å². The maximum atomic E-state index is 8.74. The van der Waals surface area contributed by atoms with Crippen LogP contribution in [0.5, 0.6) is 0 Å². The molecule has 0 rings (SSSR count). The van der Waals surface area contributed by atoms with Crippen molar-refractivity contribution in [3.8, 4) is 0 Å². The van der Waals surface area contributed by atoms with Crippen LogP contribution in [0.25, 0.3) is 0 Å². The number of hydrogen-bond donors (Lipinski definition) is 2. The van der Waals surface area contributed by atoms with Gasteiger partial charge in [-0.2, -0.15) is 8.42 Å². The molecule has 7 heavy (non-hydrogen) atoms. The van der Waals surface area contributed by atoms with Gasteiger partial charge in [-0.05, 0) is 0 Å². The van der Waals surface area contributed by atoms with Gasteiger partial charge in [-0.25, -0.2) is 0 Å². The van der Waals surface area contributed by atoms with E-state index < -0.39 is 10.4 Å². The molecular formula is H2O4Re2S. The minimum absolute atomic E-state index is 0. The second kappa shape index (κ2) is 5.33. The van der Waals surface area contributed by atoms with Crippen molar-refractivity contribution in [1.29, 1.82) is 0 Å². The van der Waals surface area contributed by atoms with Crippen molar-refractivity contribution in [2.45, 2.75) is 0 Å². The average Bonchev–Trinajstić information content (AvgIpc) is 0.722. The van der Waals surface area contributed by atoms with Crippen LogP contribution in [-0.2, 0) is 51.2 Å². The van der Waals surface area contributed by atoms with Gasteiger partial charge in [-0.3, -0.25) is 9.11 Å². The van der Waals surface area contributed by atoms with Crippen molar-refractivity contribution in [2.24, 2.45) is 0 Å². The summed E-state index contributed by atoms with van der Waals surface area (Å²) < 4.78 is 31.6. The fraction of sp³-hybridized carbons (Fsp3) is 0. The van der Waals surface area contributed by atoms with Gasteiger partial charge in [0.15, 0.2) is 0 Å². The average molecular weight is 470 g/mol. The zero-order valence-corrected chi connectivity index (χ0v) is 9.12. The molecule has 0 unspecified atom stereocenters. The van der Waals surface area contributed by atoms with Crippen molar-refractivity contribution >= 4 is 10.4 Å². The monoisotopic (exact) mass is 472 g/mol. The minimum atomic E-state index is -4.67. The molecular weight excluding hydrogens is 468 g/mol. The molecule has 0 aromatic rings. The van der Waals surface area contributed by atoms with Crippen LogP contribution in [0.2, 0.25) is 0 Å². The molecule has 46 valence electrons. The zero-order valence-electron chi connectivity index (χ0n) is 2.88. The summed E-state index contributed by atoms with van der Waals surface area (Å²) in [6.07, 6.45) is 0. The predicted octanol–water partition coefficient (Wildman–Crippen LogP) is -0.658. The Hall–Kier alpha value is 1.19. The van der Waals surface area contributed by atoms with E-state index >= 15 is 0 Å². The van der Waals surface area contributed by atoms with E-state index in [1.54, 1.807) is 0 Å². The summed E-state index contributed by atoms with van der Waals surface area (Å²) in [6.45, 7) is 0. The third kappa shape index (κ3) is 136. The van der Waals surface area contributed by atoms with Gasteiger partial charge < -0.3 is 0 Å². The molecule has 0 atom stereocenters. The molecule has 2 N–H and O–H groups in total. The molecule has 0 bridgehead atoms. The molecule has 0 saturated carbocycles. The Bertz CT molecular complexity index is 92.9. The van der Waals surface area contributed by atoms with Crippen LogP contribution in [-0.4, -0.2) is 17.5 Å². The molecule has 0 aliphatic carbocycles. The minimum Gasteiger partial charge on any atom is -0.264 e. The van der Waals surface area contributed by atoms with E-state index in [4.69, 9.17) is 17.5 Å². The molecule has 0 fully saturated rings. The maximum Gasteiger partial charge on any atom is 0.394 e. The van der Waals surface area contributed by atoms with E-state index in [1.165, 1.54) is 0 Å². The van der Waals surface area contributed by atoms with Crippen molar-refractivity contribution < 1.29 is 58.4 Å². The summed E-state index contributed by atoms with van der Waals surface area (Å²) in [6, 6.07) is 0. The third-order valence-corrected chi connectivity index (χ3v) is 0. The van der Waals surface area contributed by atoms with E-state index in [9.17, 15) is 0 Å². The smallest absolute Gasteiger partial charge is 0.264 e. The van der Waals surface area contributed by atoms with Gasteiger partial charge in [-0.1, -0.05) is 0 Å². The van der Waals surface area contributed by atoms with E-state index in [1.807, 2.05) is 0 Å². The van der Waals surface area contributed by atoms with E-state index in [0.29, 0.717) is 0 Å². The summed E-state index contributed by atoms with van der Waals surface area (Å²) in [5, 5.41) is 0. The van der Waals surface area contributed by atoms with Gasteiger partial charge >= 0.3 is 10.4 Å². The van der Waals surface area contributed by atoms with Gasteiger partial charge in [0.05, 0.1) is 0 Å². The fourth-order valence-corrected chi connectivity index (χ4v) is 0. The van der Waals surface area contributed by atoms with Crippen LogP contribution in [0.1, 0.15) is 0 Å². The first-order valence-electron chi connectivity index (χ1n) is 0.698. The van der Waals surface area contributed by atoms with Crippen LogP contribution in [0, 0.1) is 0 Å². The molecule has 2 radical (unpaired) electrons. The topological polar surface area (TPSA) is 74.6 Å². The third-order valence-electron chi connectivity index (χ3n) is 0. The Kier molecular flexibility index (Phi) is 12.0. The summed E-state index contributed by atoms with van der Waals surface area (Å²) in [4.78, 5) is 0. The Morgan fingerprint density at radius 1 is 1.00 bits per heavy atom. The fourth-order valence-electron chi connectivity index (χ4n) is 0. The van der Waals surface area contributed by atoms with E-state index in [2.05, 4.69) is 0 Å². The molecule has 0 spiro atoms. The summed E-state index contributed by atoms with van der Waals surface area (Å²) in [5.74, 6) is 0. The van der Waals surface area contributed by atoms with Gasteiger partial charge in [0.1, 0.15) is 0 Å². The molecule has 0 saturated heterocycles. The van der Waals surface area contributed by atoms with E-state index in [0.717, 1.165) is 0 Å². The molecule has 0 aromatic carbocycles. The predicted molar refractivity (Wildman–Crippen MR) is 14.2 cm³/mol. The van der Waals surface area contributed by atoms with Gasteiger partial charge in [0, 0.05) is 40.8 Å². The van der Waals surface area contributed by atoms with Crippen molar-refractivity contribution in [3.63, 3.8) is 0 Å². The molecule has 0 amide bonds. The Labute approximate surface area is 68.6 Å². The quantitative estimate of drug-likeness (QED) is 0.462. The largest absolute Gasteiger partial charge is 0.394 e. The zero-order chi connectivity index (χ0) is 4.50. The molecule has 0 aliphatic rings. The normalized spacial score (nSPS) is 8.29. The Balaban J connectivity index is -0.0000000800. The SMILES string of the molecule is O=S(=O)(O)O.[Re].[Re]. The second-order valence-electron chi connectivity index (χ2n) is 0.448. The van der Waals surface area contributed by atoms with Crippen LogP contribution < -0.4 is 0 Å². The second-order valence-corrected chi connectivity index (χ2v) is 1.34. The number of rotatable bonds is 0. The Morgan fingerprint density at radius 3 is 1.00 bits per heavy atom. The standard InChI is InChI=1S/H2O4S.2Re/c1-5(2,3)4;;/h(H2,1,2,3,4);;. The first kappa shape index (κ1) is 15.7. The van der Waals surface area contributed by atoms with Crippen LogP contribution >= 0.6 is 0 Å². The Morgan fingerprint density at radius 2 is 1.00 bits per heavy atom. The van der Waals surface area contributed by atoms with Crippen LogP contribution in [0.4, 0.5) is 0 Å². The maximum absolute atomic E-state index is 8.74. The number of hydrogen-bond acceptors (Lipinski definition) is 2. The van der Waals surface area contributed by atoms with Crippen molar-refractivity contribution in [3.05, 3.63) is 0 Å². The van der Waals surface area contributed by atoms with Crippen LogP contribution in [0.15, 0.2) is 0 Å².